The minimum atomic E-state index is -2.59. The van der Waals surface area contributed by atoms with Gasteiger partial charge in [0.25, 0.3) is 12.3 Å². The van der Waals surface area contributed by atoms with Crippen molar-refractivity contribution >= 4 is 5.91 Å². The third-order valence-corrected chi connectivity index (χ3v) is 3.36. The molecule has 0 aliphatic carbocycles. The van der Waals surface area contributed by atoms with Crippen molar-refractivity contribution in [1.82, 2.24) is 10.3 Å². The lowest BCUT2D eigenvalue weighted by atomic mass is 10.0. The summed E-state index contributed by atoms with van der Waals surface area (Å²) in [6.45, 7) is 1.18. The van der Waals surface area contributed by atoms with E-state index in [0.29, 0.717) is 0 Å². The van der Waals surface area contributed by atoms with Crippen molar-refractivity contribution in [3.63, 3.8) is 0 Å². The number of pyridine rings is 1. The third-order valence-electron chi connectivity index (χ3n) is 3.36. The van der Waals surface area contributed by atoms with Gasteiger partial charge in [0, 0.05) is 18.8 Å². The molecule has 0 bridgehead atoms. The molecule has 1 aromatic carbocycles. The van der Waals surface area contributed by atoms with Crippen LogP contribution in [0.25, 0.3) is 0 Å². The van der Waals surface area contributed by atoms with Gasteiger partial charge < -0.3 is 15.2 Å². The lowest BCUT2D eigenvalue weighted by molar-refractivity contribution is 0.0794. The average molecular weight is 336 g/mol. The Hall–Kier alpha value is -2.54. The van der Waals surface area contributed by atoms with Crippen molar-refractivity contribution in [2.45, 2.75) is 19.5 Å². The Kier molecular flexibility index (Phi) is 6.20. The van der Waals surface area contributed by atoms with Crippen molar-refractivity contribution in [2.75, 3.05) is 13.2 Å². The van der Waals surface area contributed by atoms with Crippen molar-refractivity contribution in [2.24, 2.45) is 0 Å². The maximum atomic E-state index is 12.0. The van der Waals surface area contributed by atoms with E-state index in [1.54, 1.807) is 6.07 Å². The molecule has 2 aromatic rings. The highest BCUT2D eigenvalue weighted by Gasteiger charge is 2.13. The second-order valence-electron chi connectivity index (χ2n) is 5.17. The van der Waals surface area contributed by atoms with Crippen LogP contribution in [0.5, 0.6) is 5.88 Å². The molecule has 1 heterocycles. The Labute approximate surface area is 138 Å². The summed E-state index contributed by atoms with van der Waals surface area (Å²) in [5.41, 5.74) is 1.92. The molecule has 1 unspecified atom stereocenters. The van der Waals surface area contributed by atoms with Crippen molar-refractivity contribution in [3.05, 3.63) is 59.3 Å². The SMILES string of the molecule is Cc1ccccc1C(O)CNC(=O)c1ccc(OCC(F)F)nc1. The van der Waals surface area contributed by atoms with Crippen LogP contribution in [-0.4, -0.2) is 35.6 Å². The van der Waals surface area contributed by atoms with Crippen molar-refractivity contribution in [3.8, 4) is 5.88 Å². The van der Waals surface area contributed by atoms with Gasteiger partial charge in [0.1, 0.15) is 0 Å². The van der Waals surface area contributed by atoms with Gasteiger partial charge in [-0.25, -0.2) is 13.8 Å². The maximum absolute atomic E-state index is 12.0. The minimum absolute atomic E-state index is 0.0202. The lowest BCUT2D eigenvalue weighted by Gasteiger charge is -2.14. The number of hydrogen-bond donors (Lipinski definition) is 2. The normalized spacial score (nSPS) is 12.0. The Morgan fingerprint density at radius 1 is 1.29 bits per heavy atom. The first-order chi connectivity index (χ1) is 11.5. The molecule has 1 aromatic heterocycles. The molecule has 128 valence electrons. The second kappa shape index (κ2) is 8.35. The van der Waals surface area contributed by atoms with Crippen LogP contribution in [-0.2, 0) is 0 Å². The molecular weight excluding hydrogens is 318 g/mol. The standard InChI is InChI=1S/C17H18F2N2O3/c1-11-4-2-3-5-13(11)14(22)9-21-17(23)12-6-7-16(20-8-12)24-10-15(18)19/h2-8,14-15,22H,9-10H2,1H3,(H,21,23). The molecule has 24 heavy (non-hydrogen) atoms. The largest absolute Gasteiger partial charge is 0.472 e. The van der Waals surface area contributed by atoms with Gasteiger partial charge >= 0.3 is 0 Å². The van der Waals surface area contributed by atoms with Crippen LogP contribution in [0.3, 0.4) is 0 Å². The molecule has 5 nitrogen and oxygen atoms in total. The monoisotopic (exact) mass is 336 g/mol. The molecule has 2 N–H and O–H groups in total. The Morgan fingerprint density at radius 3 is 2.67 bits per heavy atom. The van der Waals surface area contributed by atoms with Gasteiger partial charge in [-0.05, 0) is 24.1 Å². The van der Waals surface area contributed by atoms with Gasteiger partial charge in [-0.2, -0.15) is 0 Å². The van der Waals surface area contributed by atoms with E-state index in [2.05, 4.69) is 10.3 Å². The van der Waals surface area contributed by atoms with Crippen LogP contribution in [0.15, 0.2) is 42.6 Å². The zero-order chi connectivity index (χ0) is 17.5. The molecule has 0 saturated carbocycles. The van der Waals surface area contributed by atoms with Crippen molar-refractivity contribution < 1.29 is 23.4 Å². The third kappa shape index (κ3) is 4.99. The smallest absolute Gasteiger partial charge is 0.272 e. The topological polar surface area (TPSA) is 71.5 Å². The van der Waals surface area contributed by atoms with E-state index in [9.17, 15) is 18.7 Å². The molecule has 0 aliphatic heterocycles. The van der Waals surface area contributed by atoms with E-state index in [0.717, 1.165) is 11.1 Å². The summed E-state index contributed by atoms with van der Waals surface area (Å²) in [5.74, 6) is -0.401. The number of aryl methyl sites for hydroxylation is 1. The number of halogens is 2. The van der Waals surface area contributed by atoms with E-state index in [1.807, 2.05) is 25.1 Å². The fourth-order valence-corrected chi connectivity index (χ4v) is 2.11. The molecule has 0 radical (unpaired) electrons. The zero-order valence-corrected chi connectivity index (χ0v) is 13.1. The van der Waals surface area contributed by atoms with Crippen LogP contribution in [0.4, 0.5) is 8.78 Å². The van der Waals surface area contributed by atoms with Crippen LogP contribution in [0.1, 0.15) is 27.6 Å². The summed E-state index contributed by atoms with van der Waals surface area (Å²) >= 11 is 0. The van der Waals surface area contributed by atoms with E-state index in [1.165, 1.54) is 18.3 Å². The number of ether oxygens (including phenoxy) is 1. The first kappa shape index (κ1) is 17.8. The number of benzene rings is 1. The summed E-state index contributed by atoms with van der Waals surface area (Å²) in [6.07, 6.45) is -2.18. The highest BCUT2D eigenvalue weighted by Crippen LogP contribution is 2.16. The number of carbonyl (C=O) groups is 1. The summed E-state index contributed by atoms with van der Waals surface area (Å²) in [7, 11) is 0. The van der Waals surface area contributed by atoms with E-state index in [-0.39, 0.29) is 18.0 Å². The number of amides is 1. The van der Waals surface area contributed by atoms with Crippen LogP contribution < -0.4 is 10.1 Å². The quantitative estimate of drug-likeness (QED) is 0.815. The Morgan fingerprint density at radius 2 is 2.04 bits per heavy atom. The number of aromatic nitrogens is 1. The number of aliphatic hydroxyl groups excluding tert-OH is 1. The Bertz CT molecular complexity index is 678. The molecule has 0 saturated heterocycles. The fourth-order valence-electron chi connectivity index (χ4n) is 2.11. The predicted molar refractivity (Wildman–Crippen MR) is 84.2 cm³/mol. The zero-order valence-electron chi connectivity index (χ0n) is 13.1. The maximum Gasteiger partial charge on any atom is 0.272 e. The molecule has 0 spiro atoms. The number of aliphatic hydroxyl groups is 1. The van der Waals surface area contributed by atoms with Crippen molar-refractivity contribution in [1.29, 1.82) is 0 Å². The minimum Gasteiger partial charge on any atom is -0.472 e. The summed E-state index contributed by atoms with van der Waals surface area (Å²) in [4.78, 5) is 15.8. The van der Waals surface area contributed by atoms with Gasteiger partial charge in [-0.15, -0.1) is 0 Å². The molecule has 1 amide bonds. The summed E-state index contributed by atoms with van der Waals surface area (Å²) in [5, 5.41) is 12.7. The van der Waals surface area contributed by atoms with Crippen LogP contribution in [0.2, 0.25) is 0 Å². The Balaban J connectivity index is 1.89. The summed E-state index contributed by atoms with van der Waals surface area (Å²) in [6, 6.07) is 10.1. The second-order valence-corrected chi connectivity index (χ2v) is 5.17. The highest BCUT2D eigenvalue weighted by molar-refractivity contribution is 5.93. The molecule has 2 rings (SSSR count). The highest BCUT2D eigenvalue weighted by atomic mass is 19.3. The number of hydrogen-bond acceptors (Lipinski definition) is 4. The molecule has 7 heteroatoms. The van der Waals surface area contributed by atoms with E-state index >= 15 is 0 Å². The first-order valence-electron chi connectivity index (χ1n) is 7.36. The predicted octanol–water partition coefficient (Wildman–Crippen LogP) is 2.50. The van der Waals surface area contributed by atoms with E-state index < -0.39 is 25.0 Å². The van der Waals surface area contributed by atoms with Gasteiger partial charge in [-0.1, -0.05) is 24.3 Å². The lowest BCUT2D eigenvalue weighted by Crippen LogP contribution is -2.28. The number of rotatable bonds is 7. The number of nitrogens with one attached hydrogen (secondary N) is 1. The molecular formula is C17H18F2N2O3. The van der Waals surface area contributed by atoms with Gasteiger partial charge in [0.15, 0.2) is 6.61 Å². The molecule has 0 aliphatic rings. The number of alkyl halides is 2. The molecule has 0 fully saturated rings. The molecule has 1 atom stereocenters. The summed E-state index contributed by atoms with van der Waals surface area (Å²) < 4.78 is 28.8. The van der Waals surface area contributed by atoms with Crippen LogP contribution in [0, 0.1) is 6.92 Å². The van der Waals surface area contributed by atoms with Gasteiger partial charge in [0.2, 0.25) is 5.88 Å². The van der Waals surface area contributed by atoms with Gasteiger partial charge in [-0.3, -0.25) is 4.79 Å². The van der Waals surface area contributed by atoms with E-state index in [4.69, 9.17) is 4.74 Å². The number of nitrogens with zero attached hydrogens (tertiary/aromatic N) is 1. The fraction of sp³-hybridized carbons (Fsp3) is 0.294. The van der Waals surface area contributed by atoms with Gasteiger partial charge in [0.05, 0.1) is 11.7 Å². The first-order valence-corrected chi connectivity index (χ1v) is 7.36. The average Bonchev–Trinajstić information content (AvgIpc) is 2.58. The van der Waals surface area contributed by atoms with Crippen LogP contribution >= 0.6 is 0 Å². The number of carbonyl (C=O) groups excluding carboxylic acids is 1.